The van der Waals surface area contributed by atoms with Crippen LogP contribution in [0.1, 0.15) is 5.56 Å². The van der Waals surface area contributed by atoms with Gasteiger partial charge in [0.2, 0.25) is 0 Å². The van der Waals surface area contributed by atoms with Crippen molar-refractivity contribution in [2.45, 2.75) is 6.42 Å². The first-order valence-electron chi connectivity index (χ1n) is 5.20. The topological polar surface area (TPSA) is 38.7 Å². The van der Waals surface area contributed by atoms with Crippen molar-refractivity contribution in [1.29, 1.82) is 0 Å². The summed E-state index contributed by atoms with van der Waals surface area (Å²) in [4.78, 5) is 0. The second-order valence-electron chi connectivity index (χ2n) is 4.29. The molecule has 3 nitrogen and oxygen atoms in total. The van der Waals surface area contributed by atoms with Crippen molar-refractivity contribution in [1.82, 2.24) is 0 Å². The fraction of sp³-hybridized carbons (Fsp3) is 0.500. The minimum atomic E-state index is -0.141. The Morgan fingerprint density at radius 2 is 2.25 bits per heavy atom. The zero-order valence-electron chi connectivity index (χ0n) is 9.20. The van der Waals surface area contributed by atoms with Crippen LogP contribution in [0.2, 0.25) is 5.02 Å². The molecule has 1 aliphatic heterocycles. The van der Waals surface area contributed by atoms with Gasteiger partial charge in [-0.1, -0.05) is 17.7 Å². The molecule has 1 fully saturated rings. The summed E-state index contributed by atoms with van der Waals surface area (Å²) < 4.78 is 10.2. The molecule has 1 aromatic carbocycles. The smallest absolute Gasteiger partial charge is 0.120 e. The lowest BCUT2D eigenvalue weighted by Crippen LogP contribution is -2.47. The van der Waals surface area contributed by atoms with Gasteiger partial charge >= 0.3 is 0 Å². The van der Waals surface area contributed by atoms with E-state index < -0.39 is 0 Å². The first kappa shape index (κ1) is 11.7. The van der Waals surface area contributed by atoms with Gasteiger partial charge in [0, 0.05) is 10.4 Å². The van der Waals surface area contributed by atoms with E-state index in [-0.39, 0.29) is 12.0 Å². The van der Waals surface area contributed by atoms with E-state index in [4.69, 9.17) is 21.1 Å². The molecule has 0 saturated carbocycles. The highest BCUT2D eigenvalue weighted by molar-refractivity contribution is 6.31. The zero-order chi connectivity index (χ0) is 11.6. The Bertz CT molecular complexity index is 369. The molecule has 1 saturated heterocycles. The number of halogens is 1. The number of hydrogen-bond donors (Lipinski definition) is 1. The molecule has 88 valence electrons. The molecule has 1 N–H and O–H groups in total. The minimum Gasteiger partial charge on any atom is -0.497 e. The van der Waals surface area contributed by atoms with Gasteiger partial charge in [0.1, 0.15) is 5.75 Å². The molecule has 0 aliphatic carbocycles. The van der Waals surface area contributed by atoms with Crippen molar-refractivity contribution < 1.29 is 14.6 Å². The standard InChI is InChI=1S/C12H15ClO3/c1-15-10-3-2-9(11(13)4-10)5-12(6-14)7-16-8-12/h2-4,14H,5-8H2,1H3. The van der Waals surface area contributed by atoms with E-state index in [0.717, 1.165) is 17.7 Å². The second kappa shape index (κ2) is 4.62. The Morgan fingerprint density at radius 3 is 2.69 bits per heavy atom. The molecule has 2 rings (SSSR count). The van der Waals surface area contributed by atoms with Gasteiger partial charge in [-0.2, -0.15) is 0 Å². The number of methoxy groups -OCH3 is 1. The van der Waals surface area contributed by atoms with Crippen LogP contribution >= 0.6 is 11.6 Å². The van der Waals surface area contributed by atoms with E-state index in [1.54, 1.807) is 13.2 Å². The Labute approximate surface area is 99.9 Å². The van der Waals surface area contributed by atoms with Gasteiger partial charge in [0.05, 0.1) is 26.9 Å². The summed E-state index contributed by atoms with van der Waals surface area (Å²) in [5.41, 5.74) is 0.887. The molecule has 4 heteroatoms. The van der Waals surface area contributed by atoms with Crippen molar-refractivity contribution >= 4 is 11.6 Å². The van der Waals surface area contributed by atoms with E-state index >= 15 is 0 Å². The van der Waals surface area contributed by atoms with Gasteiger partial charge in [-0.05, 0) is 24.1 Å². The average Bonchev–Trinajstić information content (AvgIpc) is 2.25. The third-order valence-electron chi connectivity index (χ3n) is 2.98. The largest absolute Gasteiger partial charge is 0.497 e. The summed E-state index contributed by atoms with van der Waals surface area (Å²) in [6.07, 6.45) is 0.742. The highest BCUT2D eigenvalue weighted by atomic mass is 35.5. The summed E-state index contributed by atoms with van der Waals surface area (Å²) in [6.45, 7) is 1.34. The molecule has 0 spiro atoms. The molecule has 1 aliphatic rings. The Morgan fingerprint density at radius 1 is 1.50 bits per heavy atom. The maximum atomic E-state index is 9.34. The van der Waals surface area contributed by atoms with Crippen molar-refractivity contribution in [3.63, 3.8) is 0 Å². The average molecular weight is 243 g/mol. The van der Waals surface area contributed by atoms with E-state index in [1.807, 2.05) is 12.1 Å². The highest BCUT2D eigenvalue weighted by Crippen LogP contribution is 2.34. The summed E-state index contributed by atoms with van der Waals surface area (Å²) in [5, 5.41) is 10.0. The molecule has 0 atom stereocenters. The van der Waals surface area contributed by atoms with Crippen LogP contribution in [0.15, 0.2) is 18.2 Å². The molecule has 0 amide bonds. The summed E-state index contributed by atoms with van der Waals surface area (Å²) in [6, 6.07) is 5.62. The third-order valence-corrected chi connectivity index (χ3v) is 3.33. The van der Waals surface area contributed by atoms with Gasteiger partial charge < -0.3 is 14.6 Å². The Balaban J connectivity index is 2.15. The second-order valence-corrected chi connectivity index (χ2v) is 4.69. The normalized spacial score (nSPS) is 17.9. The number of aliphatic hydroxyl groups is 1. The predicted molar refractivity (Wildman–Crippen MR) is 62.0 cm³/mol. The summed E-state index contributed by atoms with van der Waals surface area (Å²) in [7, 11) is 1.61. The lowest BCUT2D eigenvalue weighted by molar-refractivity contribution is -0.136. The highest BCUT2D eigenvalue weighted by Gasteiger charge is 2.38. The number of hydrogen-bond acceptors (Lipinski definition) is 3. The molecule has 1 heterocycles. The van der Waals surface area contributed by atoms with E-state index in [1.165, 1.54) is 0 Å². The number of benzene rings is 1. The molecule has 0 radical (unpaired) electrons. The quantitative estimate of drug-likeness (QED) is 0.877. The lowest BCUT2D eigenvalue weighted by atomic mass is 9.80. The first-order chi connectivity index (χ1) is 7.69. The van der Waals surface area contributed by atoms with Crippen LogP contribution in [0.5, 0.6) is 5.75 Å². The molecule has 0 unspecified atom stereocenters. The third kappa shape index (κ3) is 2.17. The SMILES string of the molecule is COc1ccc(CC2(CO)COC2)c(Cl)c1. The Kier molecular flexibility index (Phi) is 3.38. The molecule has 16 heavy (non-hydrogen) atoms. The van der Waals surface area contributed by atoms with Gasteiger partial charge in [-0.25, -0.2) is 0 Å². The van der Waals surface area contributed by atoms with Crippen LogP contribution in [-0.4, -0.2) is 32.0 Å². The van der Waals surface area contributed by atoms with Crippen molar-refractivity contribution in [3.8, 4) is 5.75 Å². The van der Waals surface area contributed by atoms with Crippen LogP contribution < -0.4 is 4.74 Å². The molecular formula is C12H15ClO3. The maximum Gasteiger partial charge on any atom is 0.120 e. The summed E-state index contributed by atoms with van der Waals surface area (Å²) >= 11 is 6.15. The van der Waals surface area contributed by atoms with E-state index in [9.17, 15) is 5.11 Å². The predicted octanol–water partition coefficient (Wildman–Crippen LogP) is 1.90. The molecule has 0 aromatic heterocycles. The van der Waals surface area contributed by atoms with Gasteiger partial charge in [-0.15, -0.1) is 0 Å². The zero-order valence-corrected chi connectivity index (χ0v) is 9.96. The van der Waals surface area contributed by atoms with Crippen LogP contribution in [-0.2, 0) is 11.2 Å². The Hall–Kier alpha value is -0.770. The molecular weight excluding hydrogens is 228 g/mol. The van der Waals surface area contributed by atoms with E-state index in [2.05, 4.69) is 0 Å². The fourth-order valence-electron chi connectivity index (χ4n) is 1.84. The van der Waals surface area contributed by atoms with Gasteiger partial charge in [0.15, 0.2) is 0 Å². The van der Waals surface area contributed by atoms with Crippen molar-refractivity contribution in [3.05, 3.63) is 28.8 Å². The van der Waals surface area contributed by atoms with Crippen molar-refractivity contribution in [2.24, 2.45) is 5.41 Å². The first-order valence-corrected chi connectivity index (χ1v) is 5.58. The van der Waals surface area contributed by atoms with E-state index in [0.29, 0.717) is 18.2 Å². The summed E-state index contributed by atoms with van der Waals surface area (Å²) in [5.74, 6) is 0.747. The maximum absolute atomic E-state index is 9.34. The lowest BCUT2D eigenvalue weighted by Gasteiger charge is -2.40. The van der Waals surface area contributed by atoms with Crippen LogP contribution in [0.3, 0.4) is 0 Å². The van der Waals surface area contributed by atoms with Crippen LogP contribution in [0.25, 0.3) is 0 Å². The van der Waals surface area contributed by atoms with Crippen LogP contribution in [0.4, 0.5) is 0 Å². The number of ether oxygens (including phenoxy) is 2. The number of rotatable bonds is 4. The minimum absolute atomic E-state index is 0.134. The van der Waals surface area contributed by atoms with Crippen LogP contribution in [0, 0.1) is 5.41 Å². The number of aliphatic hydroxyl groups excluding tert-OH is 1. The monoisotopic (exact) mass is 242 g/mol. The van der Waals surface area contributed by atoms with Crippen molar-refractivity contribution in [2.75, 3.05) is 26.9 Å². The molecule has 1 aromatic rings. The van der Waals surface area contributed by atoms with Gasteiger partial charge in [-0.3, -0.25) is 0 Å². The molecule has 0 bridgehead atoms. The fourth-order valence-corrected chi connectivity index (χ4v) is 2.08. The van der Waals surface area contributed by atoms with Gasteiger partial charge in [0.25, 0.3) is 0 Å².